The van der Waals surface area contributed by atoms with Gasteiger partial charge in [-0.2, -0.15) is 4.31 Å². The lowest BCUT2D eigenvalue weighted by atomic mass is 10.1. The van der Waals surface area contributed by atoms with E-state index in [4.69, 9.17) is 0 Å². The molecule has 8 heteroatoms. The predicted molar refractivity (Wildman–Crippen MR) is 99.9 cm³/mol. The second-order valence-corrected chi connectivity index (χ2v) is 8.42. The van der Waals surface area contributed by atoms with E-state index in [2.05, 4.69) is 10.3 Å². The molecule has 1 saturated heterocycles. The van der Waals surface area contributed by atoms with Crippen LogP contribution in [0.25, 0.3) is 0 Å². The Balaban J connectivity index is 1.64. The molecule has 1 aromatic heterocycles. The van der Waals surface area contributed by atoms with Gasteiger partial charge in [0.25, 0.3) is 5.91 Å². The van der Waals surface area contributed by atoms with E-state index in [1.54, 1.807) is 30.5 Å². The van der Waals surface area contributed by atoms with Crippen molar-refractivity contribution < 1.29 is 18.0 Å². The third-order valence-corrected chi connectivity index (χ3v) is 6.49. The van der Waals surface area contributed by atoms with Gasteiger partial charge < -0.3 is 5.32 Å². The average Bonchev–Trinajstić information content (AvgIpc) is 2.69. The van der Waals surface area contributed by atoms with E-state index in [0.29, 0.717) is 37.1 Å². The highest BCUT2D eigenvalue weighted by molar-refractivity contribution is 7.89. The SMILES string of the molecule is CC(=O)c1cccc(S(=O)(=O)N2CCC(NC(=O)c3cccnc3)CC2)c1. The van der Waals surface area contributed by atoms with Crippen molar-refractivity contribution in [3.63, 3.8) is 0 Å². The summed E-state index contributed by atoms with van der Waals surface area (Å²) in [6, 6.07) is 9.37. The molecule has 0 bridgehead atoms. The Morgan fingerprint density at radius 3 is 2.44 bits per heavy atom. The summed E-state index contributed by atoms with van der Waals surface area (Å²) < 4.78 is 27.1. The lowest BCUT2D eigenvalue weighted by Gasteiger charge is -2.31. The van der Waals surface area contributed by atoms with Gasteiger partial charge in [-0.1, -0.05) is 12.1 Å². The van der Waals surface area contributed by atoms with Gasteiger partial charge in [0.05, 0.1) is 10.5 Å². The van der Waals surface area contributed by atoms with Crippen LogP contribution in [0.15, 0.2) is 53.7 Å². The number of sulfonamides is 1. The molecule has 1 aliphatic rings. The number of rotatable bonds is 5. The molecule has 1 fully saturated rings. The first kappa shape index (κ1) is 19.2. The summed E-state index contributed by atoms with van der Waals surface area (Å²) in [5.41, 5.74) is 0.850. The molecule has 0 atom stereocenters. The molecule has 0 saturated carbocycles. The summed E-state index contributed by atoms with van der Waals surface area (Å²) in [7, 11) is -3.66. The zero-order chi connectivity index (χ0) is 19.4. The smallest absolute Gasteiger partial charge is 0.253 e. The van der Waals surface area contributed by atoms with E-state index in [1.807, 2.05) is 0 Å². The maximum absolute atomic E-state index is 12.8. The molecular weight excluding hydrogens is 366 g/mol. The Morgan fingerprint density at radius 2 is 1.81 bits per heavy atom. The largest absolute Gasteiger partial charge is 0.349 e. The van der Waals surface area contributed by atoms with Gasteiger partial charge in [-0.05, 0) is 44.0 Å². The fraction of sp³-hybridized carbons (Fsp3) is 0.316. The van der Waals surface area contributed by atoms with Crippen molar-refractivity contribution in [2.45, 2.75) is 30.7 Å². The van der Waals surface area contributed by atoms with E-state index in [0.717, 1.165) is 0 Å². The molecular formula is C19H21N3O4S. The van der Waals surface area contributed by atoms with Gasteiger partial charge in [0.15, 0.2) is 5.78 Å². The first-order valence-electron chi connectivity index (χ1n) is 8.70. The van der Waals surface area contributed by atoms with Crippen molar-refractivity contribution in [3.05, 3.63) is 59.9 Å². The van der Waals surface area contributed by atoms with Crippen LogP contribution in [0.2, 0.25) is 0 Å². The van der Waals surface area contributed by atoms with Crippen LogP contribution in [0.3, 0.4) is 0 Å². The Bertz CT molecular complexity index is 936. The molecule has 0 spiro atoms. The zero-order valence-electron chi connectivity index (χ0n) is 15.0. The van der Waals surface area contributed by atoms with Gasteiger partial charge in [-0.15, -0.1) is 0 Å². The zero-order valence-corrected chi connectivity index (χ0v) is 15.8. The summed E-state index contributed by atoms with van der Waals surface area (Å²) in [6.45, 7) is 2.03. The highest BCUT2D eigenvalue weighted by Gasteiger charge is 2.30. The molecule has 0 unspecified atom stereocenters. The highest BCUT2D eigenvalue weighted by atomic mass is 32.2. The van der Waals surface area contributed by atoms with E-state index >= 15 is 0 Å². The highest BCUT2D eigenvalue weighted by Crippen LogP contribution is 2.22. The molecule has 1 N–H and O–H groups in total. The van der Waals surface area contributed by atoms with Gasteiger partial charge in [0.2, 0.25) is 10.0 Å². The number of nitrogens with one attached hydrogen (secondary N) is 1. The van der Waals surface area contributed by atoms with Crippen LogP contribution < -0.4 is 5.32 Å². The number of aromatic nitrogens is 1. The van der Waals surface area contributed by atoms with Crippen LogP contribution in [-0.4, -0.2) is 48.5 Å². The molecule has 142 valence electrons. The maximum Gasteiger partial charge on any atom is 0.253 e. The topological polar surface area (TPSA) is 96.4 Å². The van der Waals surface area contributed by atoms with E-state index < -0.39 is 10.0 Å². The second-order valence-electron chi connectivity index (χ2n) is 6.48. The molecule has 27 heavy (non-hydrogen) atoms. The third-order valence-electron chi connectivity index (χ3n) is 4.59. The molecule has 0 radical (unpaired) electrons. The van der Waals surface area contributed by atoms with Gasteiger partial charge >= 0.3 is 0 Å². The number of hydrogen-bond acceptors (Lipinski definition) is 5. The Hall–Kier alpha value is -2.58. The van der Waals surface area contributed by atoms with Crippen LogP contribution in [0.1, 0.15) is 40.5 Å². The minimum atomic E-state index is -3.66. The molecule has 2 heterocycles. The predicted octanol–water partition coefficient (Wildman–Crippen LogP) is 1.87. The minimum Gasteiger partial charge on any atom is -0.349 e. The van der Waals surface area contributed by atoms with Crippen molar-refractivity contribution in [1.82, 2.24) is 14.6 Å². The minimum absolute atomic E-state index is 0.0901. The Morgan fingerprint density at radius 1 is 1.11 bits per heavy atom. The first-order chi connectivity index (χ1) is 12.9. The molecule has 3 rings (SSSR count). The number of carbonyl (C=O) groups excluding carboxylic acids is 2. The number of ketones is 1. The van der Waals surface area contributed by atoms with Crippen molar-refractivity contribution in [3.8, 4) is 0 Å². The second kappa shape index (κ2) is 7.98. The van der Waals surface area contributed by atoms with E-state index in [9.17, 15) is 18.0 Å². The van der Waals surface area contributed by atoms with Crippen LogP contribution in [0.4, 0.5) is 0 Å². The average molecular weight is 387 g/mol. The number of amides is 1. The monoisotopic (exact) mass is 387 g/mol. The lowest BCUT2D eigenvalue weighted by molar-refractivity contribution is 0.0922. The third kappa shape index (κ3) is 4.40. The van der Waals surface area contributed by atoms with Crippen LogP contribution in [-0.2, 0) is 10.0 Å². The molecule has 1 aliphatic heterocycles. The van der Waals surface area contributed by atoms with E-state index in [-0.39, 0.29) is 22.6 Å². The Kier molecular flexibility index (Phi) is 5.67. The summed E-state index contributed by atoms with van der Waals surface area (Å²) in [6.07, 6.45) is 4.15. The van der Waals surface area contributed by atoms with Crippen LogP contribution in [0.5, 0.6) is 0 Å². The van der Waals surface area contributed by atoms with Crippen molar-refractivity contribution in [2.75, 3.05) is 13.1 Å². The number of benzene rings is 1. The van der Waals surface area contributed by atoms with Gasteiger partial charge in [-0.25, -0.2) is 8.42 Å². The number of hydrogen-bond donors (Lipinski definition) is 1. The fourth-order valence-electron chi connectivity index (χ4n) is 3.03. The number of piperidine rings is 1. The quantitative estimate of drug-likeness (QED) is 0.790. The number of carbonyl (C=O) groups is 2. The fourth-order valence-corrected chi connectivity index (χ4v) is 4.55. The molecule has 1 amide bonds. The first-order valence-corrected chi connectivity index (χ1v) is 10.1. The van der Waals surface area contributed by atoms with Gasteiger partial charge in [0.1, 0.15) is 0 Å². The Labute approximate surface area is 158 Å². The van der Waals surface area contributed by atoms with Gasteiger partial charge in [0, 0.05) is 37.1 Å². The maximum atomic E-state index is 12.8. The molecule has 7 nitrogen and oxygen atoms in total. The van der Waals surface area contributed by atoms with Crippen molar-refractivity contribution in [1.29, 1.82) is 0 Å². The summed E-state index contributed by atoms with van der Waals surface area (Å²) in [5.74, 6) is -0.387. The van der Waals surface area contributed by atoms with E-state index in [1.165, 1.54) is 29.6 Å². The van der Waals surface area contributed by atoms with Gasteiger partial charge in [-0.3, -0.25) is 14.6 Å². The standard InChI is InChI=1S/C19H21N3O4S/c1-14(23)15-4-2-6-18(12-15)27(25,26)22-10-7-17(8-11-22)21-19(24)16-5-3-9-20-13-16/h2-6,9,12-13,17H,7-8,10-11H2,1H3,(H,21,24). The van der Waals surface area contributed by atoms with Crippen molar-refractivity contribution >= 4 is 21.7 Å². The van der Waals surface area contributed by atoms with Crippen LogP contribution in [0, 0.1) is 0 Å². The molecule has 0 aliphatic carbocycles. The summed E-state index contributed by atoms with van der Waals surface area (Å²) >= 11 is 0. The molecule has 1 aromatic carbocycles. The van der Waals surface area contributed by atoms with Crippen molar-refractivity contribution in [2.24, 2.45) is 0 Å². The number of Topliss-reactive ketones (excluding diaryl/α,β-unsaturated/α-hetero) is 1. The number of nitrogens with zero attached hydrogens (tertiary/aromatic N) is 2. The number of pyridine rings is 1. The normalized spacial score (nSPS) is 16.0. The summed E-state index contributed by atoms with van der Waals surface area (Å²) in [5, 5.41) is 2.93. The summed E-state index contributed by atoms with van der Waals surface area (Å²) in [4.78, 5) is 27.8. The molecule has 2 aromatic rings. The van der Waals surface area contributed by atoms with Crippen LogP contribution >= 0.6 is 0 Å². The lowest BCUT2D eigenvalue weighted by Crippen LogP contribution is -2.46.